The van der Waals surface area contributed by atoms with Crippen molar-refractivity contribution in [2.45, 2.75) is 32.4 Å². The number of hydrogen-bond acceptors (Lipinski definition) is 5. The van der Waals surface area contributed by atoms with E-state index in [2.05, 4.69) is 10.1 Å². The first-order valence-electron chi connectivity index (χ1n) is 6.79. The number of alkyl carbamates (subject to hydrolysis) is 1. The molecule has 0 aromatic heterocycles. The van der Waals surface area contributed by atoms with E-state index in [1.165, 1.54) is 6.92 Å². The normalized spacial score (nSPS) is 14.9. The van der Waals surface area contributed by atoms with E-state index in [1.54, 1.807) is 0 Å². The van der Waals surface area contributed by atoms with Gasteiger partial charge in [0, 0.05) is 0 Å². The van der Waals surface area contributed by atoms with E-state index in [0.717, 1.165) is 18.4 Å². The highest BCUT2D eigenvalue weighted by Crippen LogP contribution is 2.30. The van der Waals surface area contributed by atoms with Crippen molar-refractivity contribution in [3.8, 4) is 0 Å². The topological polar surface area (TPSA) is 81.7 Å². The molecule has 1 fully saturated rings. The lowest BCUT2D eigenvalue weighted by atomic mass is 10.2. The van der Waals surface area contributed by atoms with Gasteiger partial charge in [-0.05, 0) is 25.3 Å². The van der Waals surface area contributed by atoms with Crippen molar-refractivity contribution in [1.82, 2.24) is 5.32 Å². The molecule has 1 aromatic carbocycles. The lowest BCUT2D eigenvalue weighted by Crippen LogP contribution is -2.40. The molecule has 0 bridgehead atoms. The molecule has 2 rings (SSSR count). The van der Waals surface area contributed by atoms with Crippen molar-refractivity contribution in [3.05, 3.63) is 35.9 Å². The summed E-state index contributed by atoms with van der Waals surface area (Å²) >= 11 is 0. The van der Waals surface area contributed by atoms with E-state index in [0.29, 0.717) is 0 Å². The molecule has 0 saturated heterocycles. The zero-order valence-corrected chi connectivity index (χ0v) is 11.7. The molecule has 6 nitrogen and oxygen atoms in total. The molecular weight excluding hydrogens is 274 g/mol. The fourth-order valence-corrected chi connectivity index (χ4v) is 1.59. The minimum atomic E-state index is -0.934. The van der Waals surface area contributed by atoms with Gasteiger partial charge in [0.2, 0.25) is 0 Å². The van der Waals surface area contributed by atoms with Crippen molar-refractivity contribution < 1.29 is 23.9 Å². The summed E-state index contributed by atoms with van der Waals surface area (Å²) in [7, 11) is 0. The Morgan fingerprint density at radius 1 is 1.24 bits per heavy atom. The summed E-state index contributed by atoms with van der Waals surface area (Å²) in [6, 6.07) is 8.23. The number of rotatable bonds is 5. The number of carbonyl (C=O) groups is 3. The van der Waals surface area contributed by atoms with Gasteiger partial charge in [0.05, 0.1) is 5.92 Å². The maximum absolute atomic E-state index is 11.6. The number of esters is 2. The number of carbonyl (C=O) groups excluding carboxylic acids is 3. The lowest BCUT2D eigenvalue weighted by Gasteiger charge is -2.12. The summed E-state index contributed by atoms with van der Waals surface area (Å²) in [5.41, 5.74) is 0.840. The summed E-state index contributed by atoms with van der Waals surface area (Å²) in [6.45, 7) is 1.54. The van der Waals surface area contributed by atoms with Gasteiger partial charge in [-0.15, -0.1) is 0 Å². The van der Waals surface area contributed by atoms with Gasteiger partial charge in [0.15, 0.2) is 0 Å². The highest BCUT2D eigenvalue weighted by molar-refractivity contribution is 5.91. The Kier molecular flexibility index (Phi) is 4.92. The van der Waals surface area contributed by atoms with E-state index in [1.807, 2.05) is 30.3 Å². The van der Waals surface area contributed by atoms with Crippen LogP contribution in [0, 0.1) is 5.92 Å². The summed E-state index contributed by atoms with van der Waals surface area (Å²) in [6.07, 6.45) is 0.780. The van der Waals surface area contributed by atoms with Gasteiger partial charge in [-0.2, -0.15) is 0 Å². The molecule has 1 amide bonds. The summed E-state index contributed by atoms with van der Waals surface area (Å²) in [5, 5.41) is 2.33. The van der Waals surface area contributed by atoms with Gasteiger partial charge < -0.3 is 14.8 Å². The standard InChI is InChI=1S/C15H17NO5/c1-10(13(17)21-14(18)12-7-8-12)16-15(19)20-9-11-5-3-2-4-6-11/h2-6,10,12H,7-9H2,1H3,(H,16,19)/t10-/m0/s1. The third-order valence-electron chi connectivity index (χ3n) is 3.01. The predicted molar refractivity (Wildman–Crippen MR) is 73.0 cm³/mol. The zero-order valence-electron chi connectivity index (χ0n) is 11.7. The molecule has 1 saturated carbocycles. The zero-order chi connectivity index (χ0) is 15.2. The first-order valence-corrected chi connectivity index (χ1v) is 6.79. The molecule has 1 aromatic rings. The molecule has 1 aliphatic rings. The monoisotopic (exact) mass is 291 g/mol. The van der Waals surface area contributed by atoms with Crippen molar-refractivity contribution in [2.24, 2.45) is 5.92 Å². The molecule has 1 atom stereocenters. The smallest absolute Gasteiger partial charge is 0.408 e. The second-order valence-corrected chi connectivity index (χ2v) is 4.94. The second kappa shape index (κ2) is 6.88. The quantitative estimate of drug-likeness (QED) is 0.660. The molecule has 0 heterocycles. The average molecular weight is 291 g/mol. The Morgan fingerprint density at radius 3 is 2.52 bits per heavy atom. The Hall–Kier alpha value is -2.37. The van der Waals surface area contributed by atoms with Crippen LogP contribution in [0.2, 0.25) is 0 Å². The minimum Gasteiger partial charge on any atom is -0.445 e. The van der Waals surface area contributed by atoms with Crippen LogP contribution in [0.4, 0.5) is 4.79 Å². The molecule has 1 N–H and O–H groups in total. The fraction of sp³-hybridized carbons (Fsp3) is 0.400. The molecule has 112 valence electrons. The maximum atomic E-state index is 11.6. The Labute approximate surface area is 122 Å². The number of hydrogen-bond donors (Lipinski definition) is 1. The highest BCUT2D eigenvalue weighted by Gasteiger charge is 2.34. The minimum absolute atomic E-state index is 0.107. The van der Waals surface area contributed by atoms with Crippen molar-refractivity contribution in [3.63, 3.8) is 0 Å². The SMILES string of the molecule is C[C@H](NC(=O)OCc1ccccc1)C(=O)OC(=O)C1CC1. The van der Waals surface area contributed by atoms with Crippen LogP contribution in [-0.2, 0) is 25.7 Å². The molecule has 0 spiro atoms. The van der Waals surface area contributed by atoms with Crippen molar-refractivity contribution >= 4 is 18.0 Å². The second-order valence-electron chi connectivity index (χ2n) is 4.94. The molecular formula is C15H17NO5. The molecule has 0 aliphatic heterocycles. The number of amides is 1. The fourth-order valence-electron chi connectivity index (χ4n) is 1.59. The van der Waals surface area contributed by atoms with Crippen LogP contribution in [0.15, 0.2) is 30.3 Å². The maximum Gasteiger partial charge on any atom is 0.408 e. The van der Waals surface area contributed by atoms with Gasteiger partial charge in [0.25, 0.3) is 0 Å². The van der Waals surface area contributed by atoms with E-state index in [4.69, 9.17) is 4.74 Å². The first kappa shape index (κ1) is 15.0. The van der Waals surface area contributed by atoms with E-state index in [-0.39, 0.29) is 12.5 Å². The van der Waals surface area contributed by atoms with Crippen LogP contribution >= 0.6 is 0 Å². The number of ether oxygens (including phenoxy) is 2. The Bertz CT molecular complexity index is 524. The highest BCUT2D eigenvalue weighted by atomic mass is 16.6. The third kappa shape index (κ3) is 4.91. The van der Waals surface area contributed by atoms with Crippen LogP contribution < -0.4 is 5.32 Å². The Morgan fingerprint density at radius 2 is 1.90 bits per heavy atom. The van der Waals surface area contributed by atoms with Crippen LogP contribution in [0.5, 0.6) is 0 Å². The Balaban J connectivity index is 1.71. The van der Waals surface area contributed by atoms with Crippen LogP contribution in [0.3, 0.4) is 0 Å². The van der Waals surface area contributed by atoms with Crippen LogP contribution in [0.1, 0.15) is 25.3 Å². The van der Waals surface area contributed by atoms with E-state index < -0.39 is 24.1 Å². The molecule has 6 heteroatoms. The van der Waals surface area contributed by atoms with Gasteiger partial charge >= 0.3 is 18.0 Å². The van der Waals surface area contributed by atoms with Gasteiger partial charge in [0.1, 0.15) is 12.6 Å². The van der Waals surface area contributed by atoms with Gasteiger partial charge in [-0.25, -0.2) is 9.59 Å². The molecule has 1 aliphatic carbocycles. The number of benzene rings is 1. The predicted octanol–water partition coefficient (Wildman–Crippen LogP) is 1.78. The van der Waals surface area contributed by atoms with E-state index in [9.17, 15) is 14.4 Å². The van der Waals surface area contributed by atoms with Crippen LogP contribution in [-0.4, -0.2) is 24.1 Å². The lowest BCUT2D eigenvalue weighted by molar-refractivity contribution is -0.161. The summed E-state index contributed by atoms with van der Waals surface area (Å²) in [4.78, 5) is 34.4. The largest absolute Gasteiger partial charge is 0.445 e. The van der Waals surface area contributed by atoms with Gasteiger partial charge in [-0.1, -0.05) is 30.3 Å². The number of nitrogens with one attached hydrogen (secondary N) is 1. The van der Waals surface area contributed by atoms with Crippen molar-refractivity contribution in [2.75, 3.05) is 0 Å². The van der Waals surface area contributed by atoms with Crippen molar-refractivity contribution in [1.29, 1.82) is 0 Å². The molecule has 0 unspecified atom stereocenters. The summed E-state index contributed by atoms with van der Waals surface area (Å²) < 4.78 is 9.62. The van der Waals surface area contributed by atoms with Crippen LogP contribution in [0.25, 0.3) is 0 Å². The summed E-state index contributed by atoms with van der Waals surface area (Å²) in [5.74, 6) is -1.46. The molecule has 0 radical (unpaired) electrons. The third-order valence-corrected chi connectivity index (χ3v) is 3.01. The first-order chi connectivity index (χ1) is 10.1. The van der Waals surface area contributed by atoms with E-state index >= 15 is 0 Å². The molecule has 21 heavy (non-hydrogen) atoms. The average Bonchev–Trinajstić information content (AvgIpc) is 3.30. The van der Waals surface area contributed by atoms with Gasteiger partial charge in [-0.3, -0.25) is 4.79 Å².